The van der Waals surface area contributed by atoms with E-state index in [4.69, 9.17) is 5.11 Å². The molecule has 1 aliphatic rings. The molecule has 0 spiro atoms. The highest BCUT2D eigenvalue weighted by atomic mass is 16.4. The van der Waals surface area contributed by atoms with Crippen molar-refractivity contribution in [3.8, 4) is 0 Å². The van der Waals surface area contributed by atoms with Gasteiger partial charge in [-0.1, -0.05) is 13.3 Å². The minimum atomic E-state index is -0.882. The molecular weight excluding hydrogens is 246 g/mol. The summed E-state index contributed by atoms with van der Waals surface area (Å²) in [5, 5.41) is 17.6. The molecule has 0 aromatic carbocycles. The van der Waals surface area contributed by atoms with Gasteiger partial charge in [0.1, 0.15) is 0 Å². The summed E-state index contributed by atoms with van der Waals surface area (Å²) in [4.78, 5) is 22.2. The molecule has 0 bridgehead atoms. The molecule has 1 atom stereocenters. The number of rotatable bonds is 10. The molecule has 0 aromatic rings. The number of urea groups is 1. The zero-order chi connectivity index (χ0) is 14.1. The summed E-state index contributed by atoms with van der Waals surface area (Å²) >= 11 is 0. The summed E-state index contributed by atoms with van der Waals surface area (Å²) < 4.78 is 0. The van der Waals surface area contributed by atoms with Gasteiger partial charge in [-0.05, 0) is 32.2 Å². The molecule has 0 aliphatic heterocycles. The van der Waals surface area contributed by atoms with Crippen LogP contribution in [0.5, 0.6) is 0 Å². The van der Waals surface area contributed by atoms with Crippen LogP contribution in [0.4, 0.5) is 4.79 Å². The van der Waals surface area contributed by atoms with Crippen LogP contribution in [-0.2, 0) is 4.79 Å². The summed E-state index contributed by atoms with van der Waals surface area (Å²) in [6.07, 6.45) is 4.93. The topological polar surface area (TPSA) is 90.5 Å². The summed E-state index contributed by atoms with van der Waals surface area (Å²) in [7, 11) is 0. The summed E-state index contributed by atoms with van der Waals surface area (Å²) in [5.74, 6) is -0.882. The molecule has 0 radical (unpaired) electrons. The first kappa shape index (κ1) is 15.8. The number of aliphatic carboxylic acids is 1. The molecule has 1 saturated carbocycles. The lowest BCUT2D eigenvalue weighted by Crippen LogP contribution is -2.43. The fourth-order valence-corrected chi connectivity index (χ4v) is 1.90. The van der Waals surface area contributed by atoms with Gasteiger partial charge < -0.3 is 21.1 Å². The molecule has 4 N–H and O–H groups in total. The predicted octanol–water partition coefficient (Wildman–Crippen LogP) is 1.07. The Balaban J connectivity index is 2.06. The lowest BCUT2D eigenvalue weighted by atomic mass is 10.1. The van der Waals surface area contributed by atoms with Crippen LogP contribution in [-0.4, -0.2) is 42.3 Å². The van der Waals surface area contributed by atoms with Crippen LogP contribution < -0.4 is 16.0 Å². The van der Waals surface area contributed by atoms with Gasteiger partial charge in [0.05, 0.1) is 6.42 Å². The molecule has 1 fully saturated rings. The Hall–Kier alpha value is -1.30. The molecule has 0 heterocycles. The number of carbonyl (C=O) groups is 2. The van der Waals surface area contributed by atoms with Gasteiger partial charge in [0.25, 0.3) is 0 Å². The van der Waals surface area contributed by atoms with Crippen LogP contribution in [0, 0.1) is 0 Å². The lowest BCUT2D eigenvalue weighted by Gasteiger charge is -2.16. The van der Waals surface area contributed by atoms with E-state index in [1.165, 1.54) is 12.8 Å². The van der Waals surface area contributed by atoms with E-state index in [9.17, 15) is 9.59 Å². The van der Waals surface area contributed by atoms with Crippen LogP contribution in [0.1, 0.15) is 45.4 Å². The smallest absolute Gasteiger partial charge is 0.315 e. The molecule has 2 amide bonds. The Morgan fingerprint density at radius 1 is 1.32 bits per heavy atom. The van der Waals surface area contributed by atoms with Crippen LogP contribution in [0.3, 0.4) is 0 Å². The van der Waals surface area contributed by atoms with Crippen LogP contribution in [0.15, 0.2) is 0 Å². The Morgan fingerprint density at radius 3 is 2.63 bits per heavy atom. The second kappa shape index (κ2) is 8.74. The van der Waals surface area contributed by atoms with Crippen molar-refractivity contribution in [3.63, 3.8) is 0 Å². The third-order valence-electron chi connectivity index (χ3n) is 3.04. The van der Waals surface area contributed by atoms with Crippen LogP contribution in [0.25, 0.3) is 0 Å². The number of amides is 2. The van der Waals surface area contributed by atoms with Crippen molar-refractivity contribution in [2.75, 3.05) is 13.1 Å². The van der Waals surface area contributed by atoms with E-state index in [1.54, 1.807) is 0 Å². The predicted molar refractivity (Wildman–Crippen MR) is 73.1 cm³/mol. The number of carboxylic acids is 1. The maximum Gasteiger partial charge on any atom is 0.315 e. The summed E-state index contributed by atoms with van der Waals surface area (Å²) in [6, 6.07) is 0.136. The second-order valence-corrected chi connectivity index (χ2v) is 5.07. The molecule has 6 nitrogen and oxygen atoms in total. The Kier molecular flexibility index (Phi) is 7.25. The Labute approximate surface area is 114 Å². The fraction of sp³-hybridized carbons (Fsp3) is 0.846. The monoisotopic (exact) mass is 271 g/mol. The largest absolute Gasteiger partial charge is 0.481 e. The van der Waals surface area contributed by atoms with Crippen molar-refractivity contribution in [2.45, 2.75) is 57.5 Å². The first-order valence-corrected chi connectivity index (χ1v) is 7.11. The van der Waals surface area contributed by atoms with Crippen molar-refractivity contribution in [2.24, 2.45) is 0 Å². The van der Waals surface area contributed by atoms with Crippen molar-refractivity contribution in [3.05, 3.63) is 0 Å². The second-order valence-electron chi connectivity index (χ2n) is 5.07. The van der Waals surface area contributed by atoms with E-state index in [-0.39, 0.29) is 18.5 Å². The normalized spacial score (nSPS) is 15.8. The highest BCUT2D eigenvalue weighted by Crippen LogP contribution is 2.18. The van der Waals surface area contributed by atoms with Crippen LogP contribution in [0.2, 0.25) is 0 Å². The maximum absolute atomic E-state index is 11.6. The number of nitrogens with one attached hydrogen (secondary N) is 3. The molecule has 1 aliphatic carbocycles. The highest BCUT2D eigenvalue weighted by molar-refractivity contribution is 5.75. The lowest BCUT2D eigenvalue weighted by molar-refractivity contribution is -0.137. The third kappa shape index (κ3) is 8.42. The molecule has 1 unspecified atom stereocenters. The quantitative estimate of drug-likeness (QED) is 0.447. The van der Waals surface area contributed by atoms with Gasteiger partial charge in [-0.15, -0.1) is 0 Å². The maximum atomic E-state index is 11.6. The Bertz CT molecular complexity index is 293. The molecule has 0 saturated heterocycles. The van der Waals surface area contributed by atoms with Crippen molar-refractivity contribution < 1.29 is 14.7 Å². The average molecular weight is 271 g/mol. The standard InChI is InChI=1S/C13H25N3O3/c1-2-4-11(9-12(17)18)16-13(19)15-8-3-7-14-10-5-6-10/h10-11,14H,2-9H2,1H3,(H,17,18)(H2,15,16,19). The fourth-order valence-electron chi connectivity index (χ4n) is 1.90. The number of hydrogen-bond acceptors (Lipinski definition) is 3. The van der Waals surface area contributed by atoms with Gasteiger partial charge >= 0.3 is 12.0 Å². The summed E-state index contributed by atoms with van der Waals surface area (Å²) in [6.45, 7) is 3.49. The van der Waals surface area contributed by atoms with E-state index >= 15 is 0 Å². The van der Waals surface area contributed by atoms with Crippen molar-refractivity contribution in [1.29, 1.82) is 0 Å². The zero-order valence-corrected chi connectivity index (χ0v) is 11.6. The van der Waals surface area contributed by atoms with Crippen molar-refractivity contribution in [1.82, 2.24) is 16.0 Å². The zero-order valence-electron chi connectivity index (χ0n) is 11.6. The van der Waals surface area contributed by atoms with Gasteiger partial charge in [-0.25, -0.2) is 4.79 Å². The van der Waals surface area contributed by atoms with Gasteiger partial charge in [0, 0.05) is 18.6 Å². The Morgan fingerprint density at radius 2 is 2.05 bits per heavy atom. The molecule has 19 heavy (non-hydrogen) atoms. The number of hydrogen-bond donors (Lipinski definition) is 4. The van der Waals surface area contributed by atoms with Gasteiger partial charge in [0.2, 0.25) is 0 Å². The molecular formula is C13H25N3O3. The summed E-state index contributed by atoms with van der Waals surface area (Å²) in [5.41, 5.74) is 0. The van der Waals surface area contributed by atoms with Crippen molar-refractivity contribution >= 4 is 12.0 Å². The molecule has 1 rings (SSSR count). The molecule has 6 heteroatoms. The average Bonchev–Trinajstić information content (AvgIpc) is 3.12. The first-order chi connectivity index (χ1) is 9.11. The third-order valence-corrected chi connectivity index (χ3v) is 3.04. The minimum absolute atomic E-state index is 0.0233. The van der Waals surface area contributed by atoms with Gasteiger partial charge in [-0.2, -0.15) is 0 Å². The minimum Gasteiger partial charge on any atom is -0.481 e. The van der Waals surface area contributed by atoms with Crippen LogP contribution >= 0.6 is 0 Å². The highest BCUT2D eigenvalue weighted by Gasteiger charge is 2.19. The van der Waals surface area contributed by atoms with E-state index in [2.05, 4.69) is 16.0 Å². The SMILES string of the molecule is CCCC(CC(=O)O)NC(=O)NCCCNC1CC1. The first-order valence-electron chi connectivity index (χ1n) is 7.11. The van der Waals surface area contributed by atoms with E-state index in [0.717, 1.165) is 19.4 Å². The van der Waals surface area contributed by atoms with Gasteiger partial charge in [-0.3, -0.25) is 4.79 Å². The van der Waals surface area contributed by atoms with E-state index < -0.39 is 5.97 Å². The van der Waals surface area contributed by atoms with E-state index in [0.29, 0.717) is 19.0 Å². The van der Waals surface area contributed by atoms with Gasteiger partial charge in [0.15, 0.2) is 0 Å². The number of carbonyl (C=O) groups excluding carboxylic acids is 1. The van der Waals surface area contributed by atoms with E-state index in [1.807, 2.05) is 6.92 Å². The molecule has 0 aromatic heterocycles. The molecule has 110 valence electrons. The number of carboxylic acid groups (broad SMARTS) is 1.